The van der Waals surface area contributed by atoms with Gasteiger partial charge in [0.2, 0.25) is 0 Å². The van der Waals surface area contributed by atoms with Gasteiger partial charge in [0.25, 0.3) is 0 Å². The number of hydrogen-bond acceptors (Lipinski definition) is 1. The van der Waals surface area contributed by atoms with Crippen molar-refractivity contribution in [3.63, 3.8) is 0 Å². The molecule has 0 bridgehead atoms. The first-order valence-electron chi connectivity index (χ1n) is 6.36. The zero-order chi connectivity index (χ0) is 11.2. The van der Waals surface area contributed by atoms with Crippen LogP contribution in [0.5, 0.6) is 0 Å². The van der Waals surface area contributed by atoms with Crippen molar-refractivity contribution in [2.45, 2.75) is 64.7 Å². The van der Waals surface area contributed by atoms with E-state index in [9.17, 15) is 0 Å². The van der Waals surface area contributed by atoms with Crippen LogP contribution in [0.15, 0.2) is 24.5 Å². The van der Waals surface area contributed by atoms with E-state index >= 15 is 0 Å². The SMILES string of the molecule is CCC=CCCCCCCCCC=CO. The quantitative estimate of drug-likeness (QED) is 0.300. The van der Waals surface area contributed by atoms with Crippen LogP contribution in [0.2, 0.25) is 0 Å². The first-order valence-corrected chi connectivity index (χ1v) is 6.36. The molecule has 0 amide bonds. The third-order valence-electron chi connectivity index (χ3n) is 2.50. The molecule has 0 aromatic heterocycles. The lowest BCUT2D eigenvalue weighted by molar-refractivity contribution is 0.469. The van der Waals surface area contributed by atoms with Crippen LogP contribution >= 0.6 is 0 Å². The van der Waals surface area contributed by atoms with Gasteiger partial charge in [-0.2, -0.15) is 0 Å². The molecular formula is C14H26O. The molecule has 88 valence electrons. The second kappa shape index (κ2) is 13.3. The molecule has 0 heterocycles. The highest BCUT2D eigenvalue weighted by Crippen LogP contribution is 2.09. The van der Waals surface area contributed by atoms with Crippen molar-refractivity contribution in [1.29, 1.82) is 0 Å². The summed E-state index contributed by atoms with van der Waals surface area (Å²) < 4.78 is 0. The van der Waals surface area contributed by atoms with E-state index < -0.39 is 0 Å². The Kier molecular flexibility index (Phi) is 12.6. The zero-order valence-corrected chi connectivity index (χ0v) is 10.1. The number of hydrogen-bond donors (Lipinski definition) is 1. The number of allylic oxidation sites excluding steroid dienone is 3. The van der Waals surface area contributed by atoms with Crippen LogP contribution in [0.25, 0.3) is 0 Å². The maximum Gasteiger partial charge on any atom is 0.0751 e. The molecule has 0 saturated heterocycles. The van der Waals surface area contributed by atoms with Crippen LogP contribution in [-0.2, 0) is 0 Å². The molecule has 0 aliphatic heterocycles. The molecule has 1 heteroatoms. The van der Waals surface area contributed by atoms with Crippen molar-refractivity contribution < 1.29 is 5.11 Å². The summed E-state index contributed by atoms with van der Waals surface area (Å²) >= 11 is 0. The minimum absolute atomic E-state index is 1.02. The lowest BCUT2D eigenvalue weighted by atomic mass is 10.1. The predicted molar refractivity (Wildman–Crippen MR) is 68.1 cm³/mol. The smallest absolute Gasteiger partial charge is 0.0751 e. The molecule has 0 aromatic rings. The van der Waals surface area contributed by atoms with Crippen LogP contribution < -0.4 is 0 Å². The Labute approximate surface area is 94.9 Å². The zero-order valence-electron chi connectivity index (χ0n) is 10.1. The van der Waals surface area contributed by atoms with Gasteiger partial charge in [-0.05, 0) is 32.1 Å². The lowest BCUT2D eigenvalue weighted by Crippen LogP contribution is -1.79. The number of aliphatic hydroxyl groups excluding tert-OH is 1. The van der Waals surface area contributed by atoms with Crippen molar-refractivity contribution in [2.75, 3.05) is 0 Å². The summed E-state index contributed by atoms with van der Waals surface area (Å²) in [6, 6.07) is 0. The summed E-state index contributed by atoms with van der Waals surface area (Å²) in [7, 11) is 0. The Bertz CT molecular complexity index is 159. The average molecular weight is 210 g/mol. The molecule has 1 nitrogen and oxygen atoms in total. The van der Waals surface area contributed by atoms with Gasteiger partial charge < -0.3 is 5.11 Å². The standard InChI is InChI=1S/C14H26O/c1-2-3-4-5-6-7-8-9-10-11-12-13-14-15/h3-4,13-15H,2,5-12H2,1H3. The number of rotatable bonds is 10. The predicted octanol–water partition coefficient (Wildman–Crippen LogP) is 5.15. The van der Waals surface area contributed by atoms with E-state index in [1.54, 1.807) is 0 Å². The average Bonchev–Trinajstić information content (AvgIpc) is 2.26. The Balaban J connectivity index is 2.95. The van der Waals surface area contributed by atoms with Crippen LogP contribution in [0.1, 0.15) is 64.7 Å². The van der Waals surface area contributed by atoms with E-state index in [0.717, 1.165) is 12.7 Å². The minimum atomic E-state index is 1.02. The van der Waals surface area contributed by atoms with Crippen molar-refractivity contribution in [2.24, 2.45) is 0 Å². The third kappa shape index (κ3) is 13.3. The van der Waals surface area contributed by atoms with Gasteiger partial charge in [-0.25, -0.2) is 0 Å². The van der Waals surface area contributed by atoms with Gasteiger partial charge >= 0.3 is 0 Å². The van der Waals surface area contributed by atoms with Crippen molar-refractivity contribution in [3.05, 3.63) is 24.5 Å². The van der Waals surface area contributed by atoms with Gasteiger partial charge in [-0.1, -0.05) is 50.8 Å². The van der Waals surface area contributed by atoms with E-state index in [0.29, 0.717) is 0 Å². The summed E-state index contributed by atoms with van der Waals surface area (Å²) in [5.74, 6) is 0. The van der Waals surface area contributed by atoms with Gasteiger partial charge in [0, 0.05) is 0 Å². The Morgan fingerprint density at radius 1 is 0.733 bits per heavy atom. The topological polar surface area (TPSA) is 20.2 Å². The van der Waals surface area contributed by atoms with Crippen LogP contribution in [0.3, 0.4) is 0 Å². The van der Waals surface area contributed by atoms with E-state index in [1.807, 2.05) is 6.08 Å². The van der Waals surface area contributed by atoms with E-state index in [4.69, 9.17) is 5.11 Å². The molecule has 0 rings (SSSR count). The largest absolute Gasteiger partial charge is 0.516 e. The molecule has 0 aliphatic rings. The maximum absolute atomic E-state index is 8.42. The first-order chi connectivity index (χ1) is 7.41. The van der Waals surface area contributed by atoms with E-state index in [-0.39, 0.29) is 0 Å². The fourth-order valence-electron chi connectivity index (χ4n) is 1.59. The fraction of sp³-hybridized carbons (Fsp3) is 0.714. The molecule has 0 saturated carbocycles. The highest BCUT2D eigenvalue weighted by atomic mass is 16.2. The lowest BCUT2D eigenvalue weighted by Gasteiger charge is -1.98. The van der Waals surface area contributed by atoms with Gasteiger partial charge in [0.05, 0.1) is 6.26 Å². The first kappa shape index (κ1) is 14.3. The second-order valence-corrected chi connectivity index (χ2v) is 3.96. The Morgan fingerprint density at radius 3 is 1.80 bits per heavy atom. The molecule has 0 atom stereocenters. The minimum Gasteiger partial charge on any atom is -0.516 e. The molecule has 0 spiro atoms. The van der Waals surface area contributed by atoms with Crippen molar-refractivity contribution in [1.82, 2.24) is 0 Å². The van der Waals surface area contributed by atoms with E-state index in [1.165, 1.54) is 51.4 Å². The molecule has 0 unspecified atom stereocenters. The fourth-order valence-corrected chi connectivity index (χ4v) is 1.59. The molecule has 0 aromatic carbocycles. The summed E-state index contributed by atoms with van der Waals surface area (Å²) in [6.07, 6.45) is 18.9. The van der Waals surface area contributed by atoms with Gasteiger partial charge in [-0.3, -0.25) is 0 Å². The van der Waals surface area contributed by atoms with E-state index in [2.05, 4.69) is 19.1 Å². The molecule has 0 radical (unpaired) electrons. The molecule has 0 fully saturated rings. The second-order valence-electron chi connectivity index (χ2n) is 3.96. The number of aliphatic hydroxyl groups is 1. The highest BCUT2D eigenvalue weighted by molar-refractivity contribution is 4.79. The summed E-state index contributed by atoms with van der Waals surface area (Å²) in [4.78, 5) is 0. The monoisotopic (exact) mass is 210 g/mol. The summed E-state index contributed by atoms with van der Waals surface area (Å²) in [5.41, 5.74) is 0. The van der Waals surface area contributed by atoms with Crippen LogP contribution in [0.4, 0.5) is 0 Å². The van der Waals surface area contributed by atoms with Crippen molar-refractivity contribution in [3.8, 4) is 0 Å². The van der Waals surface area contributed by atoms with Gasteiger partial charge in [0.15, 0.2) is 0 Å². The molecule has 1 N–H and O–H groups in total. The Morgan fingerprint density at radius 2 is 1.27 bits per heavy atom. The summed E-state index contributed by atoms with van der Waals surface area (Å²) in [6.45, 7) is 2.18. The van der Waals surface area contributed by atoms with Gasteiger partial charge in [0.1, 0.15) is 0 Å². The van der Waals surface area contributed by atoms with Gasteiger partial charge in [-0.15, -0.1) is 0 Å². The van der Waals surface area contributed by atoms with Crippen molar-refractivity contribution >= 4 is 0 Å². The van der Waals surface area contributed by atoms with Crippen LogP contribution in [-0.4, -0.2) is 5.11 Å². The molecule has 15 heavy (non-hydrogen) atoms. The molecular weight excluding hydrogens is 184 g/mol. The number of unbranched alkanes of at least 4 members (excludes halogenated alkanes) is 7. The molecule has 0 aliphatic carbocycles. The van der Waals surface area contributed by atoms with Crippen LogP contribution in [0, 0.1) is 0 Å². The normalized spacial score (nSPS) is 11.8. The highest BCUT2D eigenvalue weighted by Gasteiger charge is 1.89. The summed E-state index contributed by atoms with van der Waals surface area (Å²) in [5, 5.41) is 8.42. The Hall–Kier alpha value is -0.720. The third-order valence-corrected chi connectivity index (χ3v) is 2.50. The maximum atomic E-state index is 8.42.